The molecule has 3 rings (SSSR count). The molecule has 7 nitrogen and oxygen atoms in total. The molecule has 0 aromatic heterocycles. The van der Waals surface area contributed by atoms with Gasteiger partial charge in [-0.1, -0.05) is 29.3 Å². The van der Waals surface area contributed by atoms with Crippen LogP contribution in [0, 0.1) is 13.8 Å². The molecule has 0 unspecified atom stereocenters. The van der Waals surface area contributed by atoms with Gasteiger partial charge in [-0.05, 0) is 86.0 Å². The number of carbonyl (C=O) groups excluding carboxylic acids is 3. The molecule has 1 fully saturated rings. The van der Waals surface area contributed by atoms with Crippen LogP contribution < -0.4 is 10.9 Å². The van der Waals surface area contributed by atoms with Crippen LogP contribution in [0.25, 0.3) is 0 Å². The van der Waals surface area contributed by atoms with Crippen molar-refractivity contribution in [2.45, 2.75) is 79.1 Å². The van der Waals surface area contributed by atoms with Crippen LogP contribution in [0.3, 0.4) is 0 Å². The molecule has 1 aliphatic heterocycles. The van der Waals surface area contributed by atoms with E-state index in [4.69, 9.17) is 9.39 Å². The van der Waals surface area contributed by atoms with Gasteiger partial charge in [-0.3, -0.25) is 19.8 Å². The first-order chi connectivity index (χ1) is 16.6. The Kier molecular flexibility index (Phi) is 7.54. The smallest absolute Gasteiger partial charge is 0.354 e. The molecular weight excluding hydrogens is 455 g/mol. The molecule has 0 aliphatic carbocycles. The van der Waals surface area contributed by atoms with Gasteiger partial charge in [0.2, 0.25) is 0 Å². The number of rotatable bonds is 4. The van der Waals surface area contributed by atoms with E-state index in [0.29, 0.717) is 22.2 Å². The number of benzene rings is 2. The molecule has 2 aromatic carbocycles. The largest absolute Gasteiger partial charge is 0.421 e. The van der Waals surface area contributed by atoms with Gasteiger partial charge >= 0.3 is 6.92 Å². The molecule has 1 N–H and O–H groups in total. The molecule has 0 radical (unpaired) electrons. The molecule has 2 aromatic rings. The first-order valence-electron chi connectivity index (χ1n) is 12.2. The molecule has 0 spiro atoms. The van der Waals surface area contributed by atoms with E-state index in [1.807, 2.05) is 68.4 Å². The van der Waals surface area contributed by atoms with Crippen LogP contribution >= 0.6 is 0 Å². The Morgan fingerprint density at radius 3 is 2.11 bits per heavy atom. The second-order valence-electron chi connectivity index (χ2n) is 11.5. The normalized spacial score (nSPS) is 16.9. The summed E-state index contributed by atoms with van der Waals surface area (Å²) < 4.78 is 12.4. The molecule has 8 heteroatoms. The van der Waals surface area contributed by atoms with Crippen molar-refractivity contribution in [2.75, 3.05) is 6.51 Å². The van der Waals surface area contributed by atoms with Crippen LogP contribution in [0.15, 0.2) is 36.4 Å². The van der Waals surface area contributed by atoms with E-state index in [9.17, 15) is 14.4 Å². The van der Waals surface area contributed by atoms with Gasteiger partial charge in [0.05, 0.1) is 23.2 Å². The summed E-state index contributed by atoms with van der Waals surface area (Å²) in [6.07, 6.45) is 0.748. The first kappa shape index (κ1) is 27.6. The van der Waals surface area contributed by atoms with Crippen molar-refractivity contribution in [1.82, 2.24) is 10.4 Å². The standard InChI is InChI=1S/C28H37BN2O5/c1-18-12-19(2)14-22(13-18)25(34)31(26(3,4)5)30-24(33)20-10-11-21(16-32)23(15-20)29-17-35-27(6,7)28(8,9)36-29/h10-16H,17H2,1-9H3,(H,30,33). The van der Waals surface area contributed by atoms with E-state index in [0.717, 1.165) is 17.4 Å². The molecular formula is C28H37BN2O5. The van der Waals surface area contributed by atoms with Crippen LogP contribution in [-0.4, -0.2) is 53.3 Å². The Labute approximate surface area is 214 Å². The summed E-state index contributed by atoms with van der Waals surface area (Å²) in [6.45, 7) is 17.0. The van der Waals surface area contributed by atoms with Crippen LogP contribution in [0.5, 0.6) is 0 Å². The van der Waals surface area contributed by atoms with Crippen molar-refractivity contribution in [3.63, 3.8) is 0 Å². The summed E-state index contributed by atoms with van der Waals surface area (Å²) in [5, 5.41) is 1.35. The zero-order valence-corrected chi connectivity index (χ0v) is 22.8. The average Bonchev–Trinajstić information content (AvgIpc) is 2.76. The molecule has 1 saturated heterocycles. The highest BCUT2D eigenvalue weighted by molar-refractivity contribution is 6.68. The number of aryl methyl sites for hydroxylation is 2. The van der Waals surface area contributed by atoms with Crippen LogP contribution in [0.2, 0.25) is 0 Å². The fourth-order valence-corrected chi connectivity index (χ4v) is 4.16. The zero-order valence-electron chi connectivity index (χ0n) is 22.8. The van der Waals surface area contributed by atoms with Crippen molar-refractivity contribution in [3.8, 4) is 0 Å². The maximum Gasteiger partial charge on any atom is 0.354 e. The number of nitrogens with one attached hydrogen (secondary N) is 1. The van der Waals surface area contributed by atoms with E-state index in [1.54, 1.807) is 30.3 Å². The summed E-state index contributed by atoms with van der Waals surface area (Å²) in [6, 6.07) is 10.4. The van der Waals surface area contributed by atoms with Gasteiger partial charge in [-0.25, -0.2) is 5.01 Å². The Balaban J connectivity index is 1.92. The Hall–Kier alpha value is -2.97. The quantitative estimate of drug-likeness (QED) is 0.396. The average molecular weight is 492 g/mol. The summed E-state index contributed by atoms with van der Waals surface area (Å²) >= 11 is 0. The highest BCUT2D eigenvalue weighted by Crippen LogP contribution is 2.33. The monoisotopic (exact) mass is 492 g/mol. The predicted molar refractivity (Wildman–Crippen MR) is 142 cm³/mol. The van der Waals surface area contributed by atoms with Gasteiger partial charge in [-0.2, -0.15) is 0 Å². The molecule has 192 valence electrons. The molecule has 2 amide bonds. The number of ether oxygens (including phenoxy) is 1. The zero-order chi connectivity index (χ0) is 27.1. The van der Waals surface area contributed by atoms with Crippen molar-refractivity contribution >= 4 is 30.5 Å². The van der Waals surface area contributed by atoms with Crippen molar-refractivity contribution in [3.05, 3.63) is 64.2 Å². The molecule has 0 atom stereocenters. The van der Waals surface area contributed by atoms with Gasteiger partial charge < -0.3 is 9.39 Å². The highest BCUT2D eigenvalue weighted by atomic mass is 16.6. The van der Waals surface area contributed by atoms with Crippen molar-refractivity contribution in [1.29, 1.82) is 0 Å². The third-order valence-corrected chi connectivity index (χ3v) is 6.86. The number of hydrazine groups is 1. The van der Waals surface area contributed by atoms with Gasteiger partial charge in [0.15, 0.2) is 0 Å². The summed E-state index contributed by atoms with van der Waals surface area (Å²) in [4.78, 5) is 38.6. The van der Waals surface area contributed by atoms with Crippen LogP contribution in [0.4, 0.5) is 0 Å². The first-order valence-corrected chi connectivity index (χ1v) is 12.2. The van der Waals surface area contributed by atoms with Crippen LogP contribution in [-0.2, 0) is 9.39 Å². The van der Waals surface area contributed by atoms with Gasteiger partial charge in [0.25, 0.3) is 11.8 Å². The Bertz CT molecular complexity index is 1160. The predicted octanol–water partition coefficient (Wildman–Crippen LogP) is 4.04. The topological polar surface area (TPSA) is 84.9 Å². The van der Waals surface area contributed by atoms with Gasteiger partial charge in [-0.15, -0.1) is 0 Å². The van der Waals surface area contributed by atoms with E-state index >= 15 is 0 Å². The van der Waals surface area contributed by atoms with Gasteiger partial charge in [0, 0.05) is 16.7 Å². The number of aldehydes is 1. The second kappa shape index (κ2) is 9.83. The van der Waals surface area contributed by atoms with Crippen molar-refractivity contribution < 1.29 is 23.8 Å². The Morgan fingerprint density at radius 2 is 1.58 bits per heavy atom. The fraction of sp³-hybridized carbons (Fsp3) is 0.464. The summed E-state index contributed by atoms with van der Waals surface area (Å²) in [7, 11) is 0. The van der Waals surface area contributed by atoms with E-state index in [1.165, 1.54) is 5.01 Å². The lowest BCUT2D eigenvalue weighted by Crippen LogP contribution is -2.62. The molecule has 1 heterocycles. The number of hydrogen-bond donors (Lipinski definition) is 1. The van der Waals surface area contributed by atoms with Crippen molar-refractivity contribution in [2.24, 2.45) is 0 Å². The van der Waals surface area contributed by atoms with Gasteiger partial charge in [0.1, 0.15) is 6.29 Å². The lowest BCUT2D eigenvalue weighted by molar-refractivity contribution is -0.152. The summed E-state index contributed by atoms with van der Waals surface area (Å²) in [5.41, 5.74) is 4.71. The number of carbonyl (C=O) groups is 3. The molecule has 0 saturated carbocycles. The van der Waals surface area contributed by atoms with E-state index in [-0.39, 0.29) is 12.4 Å². The minimum absolute atomic E-state index is 0.252. The van der Waals surface area contributed by atoms with E-state index in [2.05, 4.69) is 5.43 Å². The fourth-order valence-electron chi connectivity index (χ4n) is 4.16. The SMILES string of the molecule is Cc1cc(C)cc(C(=O)N(NC(=O)c2ccc(C=O)c(B3COC(C)(C)C(C)(C)O3)c2)C(C)(C)C)c1. The Morgan fingerprint density at radius 1 is 0.972 bits per heavy atom. The number of hydrogen-bond acceptors (Lipinski definition) is 5. The van der Waals surface area contributed by atoms with Crippen LogP contribution in [0.1, 0.15) is 90.7 Å². The number of amides is 2. The third-order valence-electron chi connectivity index (χ3n) is 6.86. The molecule has 36 heavy (non-hydrogen) atoms. The summed E-state index contributed by atoms with van der Waals surface area (Å²) in [5.74, 6) is -0.766. The lowest BCUT2D eigenvalue weighted by atomic mass is 9.57. The van der Waals surface area contributed by atoms with E-state index < -0.39 is 29.6 Å². The minimum atomic E-state index is -0.689. The number of nitrogens with zero attached hydrogens (tertiary/aromatic N) is 1. The molecule has 1 aliphatic rings. The highest BCUT2D eigenvalue weighted by Gasteiger charge is 2.47. The maximum absolute atomic E-state index is 13.4. The maximum atomic E-state index is 13.4. The third kappa shape index (κ3) is 5.71. The molecule has 0 bridgehead atoms. The lowest BCUT2D eigenvalue weighted by Gasteiger charge is -2.48. The second-order valence-corrected chi connectivity index (χ2v) is 11.5. The minimum Gasteiger partial charge on any atom is -0.421 e.